The quantitative estimate of drug-likeness (QED) is 0.693. The molecule has 0 aromatic carbocycles. The van der Waals surface area contributed by atoms with Gasteiger partial charge in [-0.15, -0.1) is 0 Å². The van der Waals surface area contributed by atoms with E-state index in [2.05, 4.69) is 27.5 Å². The molecule has 0 aliphatic heterocycles. The van der Waals surface area contributed by atoms with Crippen molar-refractivity contribution < 1.29 is 5.11 Å². The Labute approximate surface area is 109 Å². The smallest absolute Gasteiger partial charge is 0.133 e. The molecule has 0 radical (unpaired) electrons. The highest BCUT2D eigenvalue weighted by molar-refractivity contribution is 5.48. The number of nitrogens with zero attached hydrogens (tertiary/aromatic N) is 2. The lowest BCUT2D eigenvalue weighted by atomic mass is 10.0. The van der Waals surface area contributed by atoms with Crippen molar-refractivity contribution in [3.05, 3.63) is 11.9 Å². The minimum absolute atomic E-state index is 0.0749. The Bertz CT molecular complexity index is 377. The zero-order chi connectivity index (χ0) is 13.6. The molecule has 1 heterocycles. The highest BCUT2D eigenvalue weighted by Crippen LogP contribution is 2.19. The minimum atomic E-state index is -0.344. The van der Waals surface area contributed by atoms with Crippen molar-refractivity contribution in [1.29, 1.82) is 0 Å². The van der Waals surface area contributed by atoms with Crippen molar-refractivity contribution in [1.82, 2.24) is 9.97 Å². The largest absolute Gasteiger partial charge is 0.394 e. The summed E-state index contributed by atoms with van der Waals surface area (Å²) >= 11 is 0. The molecule has 0 amide bonds. The fourth-order valence-corrected chi connectivity index (χ4v) is 1.57. The van der Waals surface area contributed by atoms with E-state index in [0.717, 1.165) is 36.7 Å². The van der Waals surface area contributed by atoms with E-state index in [1.165, 1.54) is 0 Å². The highest BCUT2D eigenvalue weighted by Gasteiger charge is 2.21. The second-order valence-electron chi connectivity index (χ2n) is 4.75. The molecule has 0 saturated heterocycles. The molecule has 1 unspecified atom stereocenters. The molecule has 102 valence electrons. The first-order valence-corrected chi connectivity index (χ1v) is 6.51. The molecular weight excluding hydrogens is 228 g/mol. The lowest BCUT2D eigenvalue weighted by Gasteiger charge is -2.28. The van der Waals surface area contributed by atoms with Gasteiger partial charge in [-0.05, 0) is 19.8 Å². The standard InChI is InChI=1S/C13H24N4O/c1-5-7-10-15-11(14-4)8-12(16-10)17-13(3,6-2)9-18/h8,18H,5-7,9H2,1-4H3,(H2,14,15,16,17). The molecule has 1 aromatic rings. The Morgan fingerprint density at radius 2 is 1.94 bits per heavy atom. The van der Waals surface area contributed by atoms with Crippen LogP contribution in [0.5, 0.6) is 0 Å². The lowest BCUT2D eigenvalue weighted by Crippen LogP contribution is -2.38. The van der Waals surface area contributed by atoms with Crippen molar-refractivity contribution in [3.8, 4) is 0 Å². The Kier molecular flexibility index (Phi) is 5.34. The van der Waals surface area contributed by atoms with Gasteiger partial charge in [0.05, 0.1) is 12.1 Å². The Morgan fingerprint density at radius 1 is 1.28 bits per heavy atom. The molecule has 0 aliphatic carbocycles. The van der Waals surface area contributed by atoms with Crippen LogP contribution in [-0.2, 0) is 6.42 Å². The third kappa shape index (κ3) is 3.84. The van der Waals surface area contributed by atoms with Crippen LogP contribution in [0.4, 0.5) is 11.6 Å². The second-order valence-corrected chi connectivity index (χ2v) is 4.75. The van der Waals surface area contributed by atoms with Gasteiger partial charge in [-0.3, -0.25) is 0 Å². The first-order chi connectivity index (χ1) is 8.56. The summed E-state index contributed by atoms with van der Waals surface area (Å²) in [6.07, 6.45) is 2.69. The number of hydrogen-bond acceptors (Lipinski definition) is 5. The third-order valence-corrected chi connectivity index (χ3v) is 3.06. The summed E-state index contributed by atoms with van der Waals surface area (Å²) in [6.45, 7) is 6.20. The molecule has 0 aliphatic rings. The van der Waals surface area contributed by atoms with Crippen LogP contribution < -0.4 is 10.6 Å². The van der Waals surface area contributed by atoms with Gasteiger partial charge in [-0.25, -0.2) is 9.97 Å². The predicted molar refractivity (Wildman–Crippen MR) is 75.0 cm³/mol. The third-order valence-electron chi connectivity index (χ3n) is 3.06. The number of anilines is 2. The van der Waals surface area contributed by atoms with Crippen LogP contribution in [0, 0.1) is 0 Å². The normalized spacial score (nSPS) is 14.1. The SMILES string of the molecule is CCCc1nc(NC)cc(NC(C)(CC)CO)n1. The molecule has 18 heavy (non-hydrogen) atoms. The van der Waals surface area contributed by atoms with Crippen molar-refractivity contribution in [2.75, 3.05) is 24.3 Å². The predicted octanol–water partition coefficient (Wildman–Crippen LogP) is 2.04. The Hall–Kier alpha value is -1.36. The molecule has 0 fully saturated rings. The number of aryl methyl sites for hydroxylation is 1. The van der Waals surface area contributed by atoms with Crippen molar-refractivity contribution in [2.24, 2.45) is 0 Å². The number of aliphatic hydroxyl groups is 1. The molecule has 0 spiro atoms. The van der Waals surface area contributed by atoms with Crippen LogP contribution in [0.1, 0.15) is 39.4 Å². The Morgan fingerprint density at radius 3 is 2.44 bits per heavy atom. The number of rotatable bonds is 7. The van der Waals surface area contributed by atoms with Crippen LogP contribution in [0.15, 0.2) is 6.07 Å². The summed E-state index contributed by atoms with van der Waals surface area (Å²) in [7, 11) is 1.84. The van der Waals surface area contributed by atoms with Crippen LogP contribution >= 0.6 is 0 Å². The first kappa shape index (κ1) is 14.7. The van der Waals surface area contributed by atoms with E-state index in [9.17, 15) is 5.11 Å². The molecule has 1 rings (SSSR count). The maximum absolute atomic E-state index is 9.42. The average Bonchev–Trinajstić information content (AvgIpc) is 2.38. The first-order valence-electron chi connectivity index (χ1n) is 6.51. The van der Waals surface area contributed by atoms with Crippen LogP contribution in [0.2, 0.25) is 0 Å². The number of nitrogens with one attached hydrogen (secondary N) is 2. The van der Waals surface area contributed by atoms with E-state index in [0.29, 0.717) is 0 Å². The molecule has 1 atom stereocenters. The van der Waals surface area contributed by atoms with Crippen molar-refractivity contribution in [3.63, 3.8) is 0 Å². The van der Waals surface area contributed by atoms with Crippen molar-refractivity contribution >= 4 is 11.6 Å². The van der Waals surface area contributed by atoms with Gasteiger partial charge in [0.15, 0.2) is 0 Å². The average molecular weight is 252 g/mol. The summed E-state index contributed by atoms with van der Waals surface area (Å²) in [4.78, 5) is 8.88. The number of aromatic nitrogens is 2. The maximum Gasteiger partial charge on any atom is 0.133 e. The fraction of sp³-hybridized carbons (Fsp3) is 0.692. The summed E-state index contributed by atoms with van der Waals surface area (Å²) < 4.78 is 0. The van der Waals surface area contributed by atoms with E-state index in [-0.39, 0.29) is 12.1 Å². The van der Waals surface area contributed by atoms with Crippen LogP contribution in [0.3, 0.4) is 0 Å². The van der Waals surface area contributed by atoms with Gasteiger partial charge in [-0.1, -0.05) is 13.8 Å². The number of aliphatic hydroxyl groups excluding tert-OH is 1. The monoisotopic (exact) mass is 252 g/mol. The van der Waals surface area contributed by atoms with E-state index in [1.807, 2.05) is 27.0 Å². The van der Waals surface area contributed by atoms with Crippen LogP contribution in [-0.4, -0.2) is 34.3 Å². The van der Waals surface area contributed by atoms with E-state index < -0.39 is 0 Å². The van der Waals surface area contributed by atoms with Crippen molar-refractivity contribution in [2.45, 2.75) is 45.6 Å². The van der Waals surface area contributed by atoms with E-state index >= 15 is 0 Å². The summed E-state index contributed by atoms with van der Waals surface area (Å²) in [5.41, 5.74) is -0.344. The van der Waals surface area contributed by atoms with Gasteiger partial charge < -0.3 is 15.7 Å². The molecule has 5 nitrogen and oxygen atoms in total. The molecule has 0 bridgehead atoms. The molecular formula is C13H24N4O. The zero-order valence-electron chi connectivity index (χ0n) is 11.7. The summed E-state index contributed by atoms with van der Waals surface area (Å²) in [5.74, 6) is 2.38. The van der Waals surface area contributed by atoms with E-state index in [4.69, 9.17) is 0 Å². The highest BCUT2D eigenvalue weighted by atomic mass is 16.3. The van der Waals surface area contributed by atoms with Gasteiger partial charge >= 0.3 is 0 Å². The van der Waals surface area contributed by atoms with Gasteiger partial charge in [0.2, 0.25) is 0 Å². The molecule has 1 aromatic heterocycles. The minimum Gasteiger partial charge on any atom is -0.394 e. The topological polar surface area (TPSA) is 70.1 Å². The summed E-state index contributed by atoms with van der Waals surface area (Å²) in [5, 5.41) is 15.7. The Balaban J connectivity index is 2.96. The van der Waals surface area contributed by atoms with Gasteiger partial charge in [0.25, 0.3) is 0 Å². The number of hydrogen-bond donors (Lipinski definition) is 3. The van der Waals surface area contributed by atoms with E-state index in [1.54, 1.807) is 0 Å². The van der Waals surface area contributed by atoms with Gasteiger partial charge in [0.1, 0.15) is 17.5 Å². The molecule has 3 N–H and O–H groups in total. The fourth-order valence-electron chi connectivity index (χ4n) is 1.57. The molecule has 5 heteroatoms. The maximum atomic E-state index is 9.42. The van der Waals surface area contributed by atoms with Gasteiger partial charge in [0, 0.05) is 19.5 Å². The second kappa shape index (κ2) is 6.54. The zero-order valence-corrected chi connectivity index (χ0v) is 11.7. The molecule has 0 saturated carbocycles. The van der Waals surface area contributed by atoms with Gasteiger partial charge in [-0.2, -0.15) is 0 Å². The van der Waals surface area contributed by atoms with Crippen LogP contribution in [0.25, 0.3) is 0 Å². The summed E-state index contributed by atoms with van der Waals surface area (Å²) in [6, 6.07) is 1.86. The lowest BCUT2D eigenvalue weighted by molar-refractivity contribution is 0.218.